The van der Waals surface area contributed by atoms with Crippen molar-refractivity contribution >= 4 is 22.8 Å². The lowest BCUT2D eigenvalue weighted by atomic mass is 10.1. The summed E-state index contributed by atoms with van der Waals surface area (Å²) in [7, 11) is 0. The minimum atomic E-state index is 0.918. The zero-order valence-corrected chi connectivity index (χ0v) is 11.6. The molecule has 4 heteroatoms. The number of aromatic amines is 1. The van der Waals surface area contributed by atoms with Crippen LogP contribution in [0.5, 0.6) is 0 Å². The Morgan fingerprint density at radius 3 is 2.74 bits per heavy atom. The molecule has 0 saturated carbocycles. The van der Waals surface area contributed by atoms with E-state index >= 15 is 0 Å². The fourth-order valence-electron chi connectivity index (χ4n) is 2.08. The van der Waals surface area contributed by atoms with Gasteiger partial charge in [0.1, 0.15) is 0 Å². The van der Waals surface area contributed by atoms with E-state index in [4.69, 9.17) is 0 Å². The second-order valence-electron chi connectivity index (χ2n) is 4.36. The lowest BCUT2D eigenvalue weighted by Gasteiger charge is -2.01. The standard InChI is InChI=1S/C15H15N3S/c1-2-19-15-17-13-4-3-12(10-14(13)18-15)9-11-5-7-16-8-6-11/h3-8,10H,2,9H2,1H3,(H,17,18). The van der Waals surface area contributed by atoms with Gasteiger partial charge in [0.25, 0.3) is 0 Å². The van der Waals surface area contributed by atoms with E-state index in [-0.39, 0.29) is 0 Å². The van der Waals surface area contributed by atoms with Crippen LogP contribution in [0.3, 0.4) is 0 Å². The normalized spacial score (nSPS) is 11.0. The molecule has 0 bridgehead atoms. The first-order valence-electron chi connectivity index (χ1n) is 6.35. The van der Waals surface area contributed by atoms with E-state index < -0.39 is 0 Å². The highest BCUT2D eigenvalue weighted by Crippen LogP contribution is 2.21. The summed E-state index contributed by atoms with van der Waals surface area (Å²) in [4.78, 5) is 12.0. The first kappa shape index (κ1) is 12.2. The second-order valence-corrected chi connectivity index (χ2v) is 5.61. The van der Waals surface area contributed by atoms with Gasteiger partial charge in [0.05, 0.1) is 11.0 Å². The van der Waals surface area contributed by atoms with Crippen LogP contribution < -0.4 is 0 Å². The summed E-state index contributed by atoms with van der Waals surface area (Å²) in [6.45, 7) is 2.13. The third kappa shape index (κ3) is 2.79. The minimum absolute atomic E-state index is 0.918. The van der Waals surface area contributed by atoms with Gasteiger partial charge < -0.3 is 4.98 Å². The third-order valence-corrected chi connectivity index (χ3v) is 3.72. The van der Waals surface area contributed by atoms with Crippen LogP contribution in [0.25, 0.3) is 11.0 Å². The first-order valence-corrected chi connectivity index (χ1v) is 7.34. The number of nitrogens with zero attached hydrogens (tertiary/aromatic N) is 2. The maximum absolute atomic E-state index is 4.60. The highest BCUT2D eigenvalue weighted by atomic mass is 32.2. The number of fused-ring (bicyclic) bond motifs is 1. The van der Waals surface area contributed by atoms with Crippen LogP contribution in [0.1, 0.15) is 18.1 Å². The van der Waals surface area contributed by atoms with Crippen molar-refractivity contribution < 1.29 is 0 Å². The molecule has 0 fully saturated rings. The summed E-state index contributed by atoms with van der Waals surface area (Å²) in [6.07, 6.45) is 4.58. The predicted molar refractivity (Wildman–Crippen MR) is 79.5 cm³/mol. The Hall–Kier alpha value is -1.81. The van der Waals surface area contributed by atoms with Gasteiger partial charge in [-0.1, -0.05) is 24.8 Å². The van der Waals surface area contributed by atoms with Gasteiger partial charge in [-0.25, -0.2) is 4.98 Å². The van der Waals surface area contributed by atoms with Crippen LogP contribution in [0.2, 0.25) is 0 Å². The van der Waals surface area contributed by atoms with Crippen molar-refractivity contribution in [2.45, 2.75) is 18.5 Å². The predicted octanol–water partition coefficient (Wildman–Crippen LogP) is 3.66. The van der Waals surface area contributed by atoms with Gasteiger partial charge in [0, 0.05) is 12.4 Å². The quantitative estimate of drug-likeness (QED) is 0.735. The molecular formula is C15H15N3S. The average molecular weight is 269 g/mol. The Labute approximate surface area is 116 Å². The number of aromatic nitrogens is 3. The van der Waals surface area contributed by atoms with Crippen molar-refractivity contribution in [3.63, 3.8) is 0 Å². The topological polar surface area (TPSA) is 41.6 Å². The van der Waals surface area contributed by atoms with E-state index in [1.54, 1.807) is 11.8 Å². The number of thioether (sulfide) groups is 1. The zero-order valence-electron chi connectivity index (χ0n) is 10.8. The van der Waals surface area contributed by atoms with E-state index in [1.165, 1.54) is 11.1 Å². The van der Waals surface area contributed by atoms with E-state index in [0.29, 0.717) is 0 Å². The lowest BCUT2D eigenvalue weighted by Crippen LogP contribution is -1.88. The van der Waals surface area contributed by atoms with Crippen molar-refractivity contribution in [2.24, 2.45) is 0 Å². The maximum atomic E-state index is 4.60. The minimum Gasteiger partial charge on any atom is -0.333 e. The van der Waals surface area contributed by atoms with E-state index in [1.807, 2.05) is 24.5 Å². The van der Waals surface area contributed by atoms with Crippen LogP contribution in [0.15, 0.2) is 47.9 Å². The first-order chi connectivity index (χ1) is 9.35. The molecule has 0 saturated heterocycles. The van der Waals surface area contributed by atoms with Crippen LogP contribution in [-0.4, -0.2) is 20.7 Å². The third-order valence-electron chi connectivity index (χ3n) is 2.96. The molecule has 1 aromatic carbocycles. The number of hydrogen-bond acceptors (Lipinski definition) is 3. The van der Waals surface area contributed by atoms with Crippen LogP contribution in [0.4, 0.5) is 0 Å². The number of hydrogen-bond donors (Lipinski definition) is 1. The number of rotatable bonds is 4. The molecule has 0 radical (unpaired) electrons. The van der Waals surface area contributed by atoms with Gasteiger partial charge in [-0.05, 0) is 47.6 Å². The molecule has 0 aliphatic carbocycles. The Balaban J connectivity index is 1.88. The van der Waals surface area contributed by atoms with Crippen LogP contribution >= 0.6 is 11.8 Å². The molecule has 0 spiro atoms. The fraction of sp³-hybridized carbons (Fsp3) is 0.200. The average Bonchev–Trinajstić information content (AvgIpc) is 2.82. The number of benzene rings is 1. The van der Waals surface area contributed by atoms with Gasteiger partial charge in [-0.2, -0.15) is 0 Å². The number of H-pyrrole nitrogens is 1. The van der Waals surface area contributed by atoms with E-state index in [9.17, 15) is 0 Å². The van der Waals surface area contributed by atoms with Crippen molar-refractivity contribution in [3.8, 4) is 0 Å². The van der Waals surface area contributed by atoms with Crippen LogP contribution in [-0.2, 0) is 6.42 Å². The fourth-order valence-corrected chi connectivity index (χ4v) is 2.70. The molecule has 0 aliphatic rings. The molecule has 19 heavy (non-hydrogen) atoms. The number of imidazole rings is 1. The molecule has 3 nitrogen and oxygen atoms in total. The van der Waals surface area contributed by atoms with Crippen LogP contribution in [0, 0.1) is 0 Å². The highest BCUT2D eigenvalue weighted by Gasteiger charge is 2.04. The molecule has 3 rings (SSSR count). The number of pyridine rings is 1. The Bertz CT molecular complexity index is 676. The van der Waals surface area contributed by atoms with Gasteiger partial charge in [-0.3, -0.25) is 4.98 Å². The molecule has 1 N–H and O–H groups in total. The molecule has 96 valence electrons. The molecule has 3 aromatic rings. The molecular weight excluding hydrogens is 254 g/mol. The smallest absolute Gasteiger partial charge is 0.166 e. The molecule has 2 aromatic heterocycles. The SMILES string of the molecule is CCSc1nc2cc(Cc3ccncc3)ccc2[nH]1. The Morgan fingerprint density at radius 2 is 1.95 bits per heavy atom. The summed E-state index contributed by atoms with van der Waals surface area (Å²) in [5.41, 5.74) is 4.70. The monoisotopic (exact) mass is 269 g/mol. The summed E-state index contributed by atoms with van der Waals surface area (Å²) in [5, 5.41) is 0.999. The zero-order chi connectivity index (χ0) is 13.1. The van der Waals surface area contributed by atoms with Gasteiger partial charge in [0.15, 0.2) is 5.16 Å². The van der Waals surface area contributed by atoms with Crippen molar-refractivity contribution in [1.82, 2.24) is 15.0 Å². The molecule has 0 amide bonds. The lowest BCUT2D eigenvalue weighted by molar-refractivity contribution is 1.08. The molecule has 2 heterocycles. The molecule has 0 aliphatic heterocycles. The van der Waals surface area contributed by atoms with Gasteiger partial charge in [0.2, 0.25) is 0 Å². The van der Waals surface area contributed by atoms with E-state index in [2.05, 4.69) is 40.1 Å². The Morgan fingerprint density at radius 1 is 1.11 bits per heavy atom. The summed E-state index contributed by atoms with van der Waals surface area (Å²) < 4.78 is 0. The van der Waals surface area contributed by atoms with Crippen molar-refractivity contribution in [3.05, 3.63) is 53.9 Å². The maximum Gasteiger partial charge on any atom is 0.166 e. The summed E-state index contributed by atoms with van der Waals surface area (Å²) >= 11 is 1.74. The second kappa shape index (κ2) is 5.45. The highest BCUT2D eigenvalue weighted by molar-refractivity contribution is 7.99. The van der Waals surface area contributed by atoms with Crippen molar-refractivity contribution in [2.75, 3.05) is 5.75 Å². The summed E-state index contributed by atoms with van der Waals surface area (Å²) in [6, 6.07) is 10.5. The molecule has 0 unspecified atom stereocenters. The van der Waals surface area contributed by atoms with Gasteiger partial charge >= 0.3 is 0 Å². The Kier molecular flexibility index (Phi) is 3.51. The largest absolute Gasteiger partial charge is 0.333 e. The van der Waals surface area contributed by atoms with Gasteiger partial charge in [-0.15, -0.1) is 0 Å². The number of nitrogens with one attached hydrogen (secondary N) is 1. The molecule has 0 atom stereocenters. The van der Waals surface area contributed by atoms with Crippen molar-refractivity contribution in [1.29, 1.82) is 0 Å². The summed E-state index contributed by atoms with van der Waals surface area (Å²) in [5.74, 6) is 1.03. The van der Waals surface area contributed by atoms with E-state index in [0.717, 1.165) is 28.4 Å².